The molecule has 0 radical (unpaired) electrons. The van der Waals surface area contributed by atoms with Gasteiger partial charge in [0.25, 0.3) is 5.91 Å². The van der Waals surface area contributed by atoms with Crippen LogP contribution >= 0.6 is 0 Å². The van der Waals surface area contributed by atoms with E-state index in [4.69, 9.17) is 0 Å². The van der Waals surface area contributed by atoms with Gasteiger partial charge in [-0.2, -0.15) is 0 Å². The molecule has 0 bridgehead atoms. The fraction of sp³-hybridized carbons (Fsp3) is 0.286. The van der Waals surface area contributed by atoms with E-state index < -0.39 is 0 Å². The molecule has 0 aliphatic heterocycles. The van der Waals surface area contributed by atoms with Crippen molar-refractivity contribution in [3.8, 4) is 0 Å². The first-order valence-electron chi connectivity index (χ1n) is 6.26. The highest BCUT2D eigenvalue weighted by atomic mass is 16.5. The lowest BCUT2D eigenvalue weighted by Gasteiger charge is -2.12. The van der Waals surface area contributed by atoms with Crippen LogP contribution < -0.4 is 10.6 Å². The molecule has 1 amide bonds. The quantitative estimate of drug-likeness (QED) is 0.866. The average Bonchev–Trinajstić information content (AvgIpc) is 2.89. The normalized spacial score (nSPS) is 10.2. The van der Waals surface area contributed by atoms with Crippen molar-refractivity contribution in [1.29, 1.82) is 0 Å². The minimum atomic E-state index is -0.179. The van der Waals surface area contributed by atoms with Gasteiger partial charge in [-0.3, -0.25) is 4.79 Å². The molecule has 0 spiro atoms. The second kappa shape index (κ2) is 6.04. The highest BCUT2D eigenvalue weighted by Crippen LogP contribution is 2.19. The monoisotopic (exact) mass is 259 g/mol. The topological polar surface area (TPSA) is 67.2 Å². The molecular weight excluding hydrogens is 242 g/mol. The number of nitrogens with one attached hydrogen (secondary N) is 2. The summed E-state index contributed by atoms with van der Waals surface area (Å²) in [5.41, 5.74) is 3.11. The second-order valence-electron chi connectivity index (χ2n) is 4.34. The Kier molecular flexibility index (Phi) is 4.18. The van der Waals surface area contributed by atoms with Gasteiger partial charge in [-0.25, -0.2) is 0 Å². The number of amides is 1. The predicted octanol–water partition coefficient (Wildman–Crippen LogP) is 3.06. The van der Waals surface area contributed by atoms with Gasteiger partial charge < -0.3 is 15.2 Å². The third-order valence-corrected chi connectivity index (χ3v) is 2.68. The van der Waals surface area contributed by atoms with Crippen LogP contribution in [-0.4, -0.2) is 17.6 Å². The van der Waals surface area contributed by atoms with Crippen molar-refractivity contribution in [2.75, 3.05) is 17.2 Å². The van der Waals surface area contributed by atoms with Crippen molar-refractivity contribution in [2.24, 2.45) is 0 Å². The largest absolute Gasteiger partial charge is 0.384 e. The standard InChI is InChI=1S/C14H17N3O2/c1-3-6-15-13-7-10(2)4-5-12(13)14(18)17-11-8-16-19-9-11/h4-5,7-9,15H,3,6H2,1-2H3,(H,17,18). The number of carbonyl (C=O) groups is 1. The van der Waals surface area contributed by atoms with Gasteiger partial charge in [0.15, 0.2) is 0 Å². The summed E-state index contributed by atoms with van der Waals surface area (Å²) in [5, 5.41) is 9.55. The maximum absolute atomic E-state index is 12.2. The summed E-state index contributed by atoms with van der Waals surface area (Å²) in [6.07, 6.45) is 3.86. The van der Waals surface area contributed by atoms with Crippen molar-refractivity contribution < 1.29 is 9.32 Å². The Morgan fingerprint density at radius 3 is 2.95 bits per heavy atom. The number of aryl methyl sites for hydroxylation is 1. The fourth-order valence-corrected chi connectivity index (χ4v) is 1.73. The van der Waals surface area contributed by atoms with Crippen molar-refractivity contribution in [1.82, 2.24) is 5.16 Å². The van der Waals surface area contributed by atoms with E-state index in [1.807, 2.05) is 25.1 Å². The first kappa shape index (κ1) is 13.1. The van der Waals surface area contributed by atoms with Crippen LogP contribution in [0.1, 0.15) is 29.3 Å². The Morgan fingerprint density at radius 1 is 1.42 bits per heavy atom. The molecule has 0 atom stereocenters. The lowest BCUT2D eigenvalue weighted by molar-refractivity contribution is 0.102. The number of hydrogen-bond donors (Lipinski definition) is 2. The van der Waals surface area contributed by atoms with Gasteiger partial charge in [0, 0.05) is 12.2 Å². The lowest BCUT2D eigenvalue weighted by atomic mass is 10.1. The first-order chi connectivity index (χ1) is 9.20. The van der Waals surface area contributed by atoms with Crippen LogP contribution in [-0.2, 0) is 0 Å². The number of aromatic nitrogens is 1. The van der Waals surface area contributed by atoms with Crippen molar-refractivity contribution in [3.05, 3.63) is 41.8 Å². The van der Waals surface area contributed by atoms with Crippen LogP contribution in [0.2, 0.25) is 0 Å². The van der Waals surface area contributed by atoms with Crippen LogP contribution in [0.3, 0.4) is 0 Å². The molecule has 0 saturated heterocycles. The summed E-state index contributed by atoms with van der Waals surface area (Å²) in [4.78, 5) is 12.2. The van der Waals surface area contributed by atoms with E-state index >= 15 is 0 Å². The van der Waals surface area contributed by atoms with Crippen molar-refractivity contribution >= 4 is 17.3 Å². The Hall–Kier alpha value is -2.30. The van der Waals surface area contributed by atoms with E-state index in [-0.39, 0.29) is 5.91 Å². The predicted molar refractivity (Wildman–Crippen MR) is 74.4 cm³/mol. The molecule has 5 heteroatoms. The maximum Gasteiger partial charge on any atom is 0.257 e. The number of rotatable bonds is 5. The number of hydrogen-bond acceptors (Lipinski definition) is 4. The molecule has 0 aliphatic rings. The smallest absolute Gasteiger partial charge is 0.257 e. The van der Waals surface area contributed by atoms with Gasteiger partial charge in [-0.05, 0) is 31.0 Å². The number of anilines is 2. The van der Waals surface area contributed by atoms with Crippen LogP contribution in [0.5, 0.6) is 0 Å². The van der Waals surface area contributed by atoms with Gasteiger partial charge in [0.2, 0.25) is 0 Å². The fourth-order valence-electron chi connectivity index (χ4n) is 1.73. The van der Waals surface area contributed by atoms with Gasteiger partial charge >= 0.3 is 0 Å². The summed E-state index contributed by atoms with van der Waals surface area (Å²) < 4.78 is 4.69. The molecule has 2 N–H and O–H groups in total. The summed E-state index contributed by atoms with van der Waals surface area (Å²) >= 11 is 0. The highest BCUT2D eigenvalue weighted by Gasteiger charge is 2.12. The van der Waals surface area contributed by atoms with E-state index in [0.717, 1.165) is 24.2 Å². The summed E-state index contributed by atoms with van der Waals surface area (Å²) in [6.45, 7) is 4.91. The third-order valence-electron chi connectivity index (χ3n) is 2.68. The van der Waals surface area contributed by atoms with Gasteiger partial charge in [0.05, 0.1) is 11.8 Å². The Labute approximate surface area is 112 Å². The van der Waals surface area contributed by atoms with Crippen LogP contribution in [0, 0.1) is 6.92 Å². The van der Waals surface area contributed by atoms with Gasteiger partial charge in [-0.1, -0.05) is 18.1 Å². The first-order valence-corrected chi connectivity index (χ1v) is 6.26. The van der Waals surface area contributed by atoms with E-state index in [1.165, 1.54) is 12.5 Å². The summed E-state index contributed by atoms with van der Waals surface area (Å²) in [5.74, 6) is -0.179. The molecular formula is C14H17N3O2. The number of nitrogens with zero attached hydrogens (tertiary/aromatic N) is 1. The van der Waals surface area contributed by atoms with Gasteiger partial charge in [0.1, 0.15) is 12.0 Å². The van der Waals surface area contributed by atoms with Crippen LogP contribution in [0.15, 0.2) is 35.2 Å². The summed E-state index contributed by atoms with van der Waals surface area (Å²) in [7, 11) is 0. The molecule has 100 valence electrons. The molecule has 0 aliphatic carbocycles. The van der Waals surface area contributed by atoms with E-state index in [2.05, 4.69) is 27.2 Å². The van der Waals surface area contributed by atoms with E-state index in [0.29, 0.717) is 11.3 Å². The van der Waals surface area contributed by atoms with Crippen LogP contribution in [0.4, 0.5) is 11.4 Å². The molecule has 0 fully saturated rings. The second-order valence-corrected chi connectivity index (χ2v) is 4.34. The van der Waals surface area contributed by atoms with Crippen molar-refractivity contribution in [3.63, 3.8) is 0 Å². The van der Waals surface area contributed by atoms with E-state index in [1.54, 1.807) is 0 Å². The Bertz CT molecular complexity index is 550. The molecule has 2 aromatic rings. The Morgan fingerprint density at radius 2 is 2.26 bits per heavy atom. The minimum Gasteiger partial charge on any atom is -0.384 e. The SMILES string of the molecule is CCCNc1cc(C)ccc1C(=O)Nc1cnoc1. The lowest BCUT2D eigenvalue weighted by Crippen LogP contribution is -2.15. The molecule has 0 saturated carbocycles. The molecule has 1 aromatic heterocycles. The zero-order valence-electron chi connectivity index (χ0n) is 11.1. The highest BCUT2D eigenvalue weighted by molar-refractivity contribution is 6.08. The Balaban J connectivity index is 2.20. The molecule has 19 heavy (non-hydrogen) atoms. The number of benzene rings is 1. The van der Waals surface area contributed by atoms with E-state index in [9.17, 15) is 4.79 Å². The maximum atomic E-state index is 12.2. The van der Waals surface area contributed by atoms with Crippen molar-refractivity contribution in [2.45, 2.75) is 20.3 Å². The molecule has 2 rings (SSSR count). The molecule has 5 nitrogen and oxygen atoms in total. The molecule has 1 heterocycles. The number of carbonyl (C=O) groups excluding carboxylic acids is 1. The molecule has 0 unspecified atom stereocenters. The zero-order valence-corrected chi connectivity index (χ0v) is 11.1. The summed E-state index contributed by atoms with van der Waals surface area (Å²) in [6, 6.07) is 5.70. The van der Waals surface area contributed by atoms with Gasteiger partial charge in [-0.15, -0.1) is 0 Å². The minimum absolute atomic E-state index is 0.179. The third kappa shape index (κ3) is 3.34. The zero-order chi connectivity index (χ0) is 13.7. The van der Waals surface area contributed by atoms with Crippen LogP contribution in [0.25, 0.3) is 0 Å². The average molecular weight is 259 g/mol. The molecule has 1 aromatic carbocycles.